The van der Waals surface area contributed by atoms with Crippen molar-refractivity contribution in [2.45, 2.75) is 40.2 Å². The molecule has 0 aliphatic heterocycles. The molecule has 0 heterocycles. The van der Waals surface area contributed by atoms with Crippen LogP contribution in [-0.2, 0) is 10.0 Å². The van der Waals surface area contributed by atoms with Crippen LogP contribution in [0.4, 0.5) is 0 Å². The number of hydrogen-bond donors (Lipinski definition) is 2. The number of rotatable bonds is 7. The molecule has 96 valence electrons. The summed E-state index contributed by atoms with van der Waals surface area (Å²) in [5.41, 5.74) is 5.26. The SMILES string of the molecule is CC(C)CCS(=O)(=O)N(CC(=N)N)C(C)C. The fraction of sp³-hybridized carbons (Fsp3) is 0.900. The lowest BCUT2D eigenvalue weighted by Gasteiger charge is -2.25. The topological polar surface area (TPSA) is 87.2 Å². The summed E-state index contributed by atoms with van der Waals surface area (Å²) in [4.78, 5) is 0. The summed E-state index contributed by atoms with van der Waals surface area (Å²) in [5.74, 6) is 0.346. The standard InChI is InChI=1S/C10H23N3O2S/c1-8(2)5-6-16(14,15)13(9(3)4)7-10(11)12/h8-9H,5-7H2,1-4H3,(H3,11,12). The molecule has 0 aliphatic rings. The molecule has 0 spiro atoms. The van der Waals surface area contributed by atoms with E-state index in [2.05, 4.69) is 0 Å². The zero-order valence-corrected chi connectivity index (χ0v) is 11.3. The number of nitrogens with zero attached hydrogens (tertiary/aromatic N) is 1. The Balaban J connectivity index is 4.70. The van der Waals surface area contributed by atoms with Gasteiger partial charge >= 0.3 is 0 Å². The van der Waals surface area contributed by atoms with Crippen molar-refractivity contribution in [1.82, 2.24) is 4.31 Å². The molecular formula is C10H23N3O2S. The predicted molar refractivity (Wildman–Crippen MR) is 67.0 cm³/mol. The Labute approximate surface area is 98.6 Å². The quantitative estimate of drug-likeness (QED) is 0.521. The lowest BCUT2D eigenvalue weighted by molar-refractivity contribution is 0.386. The molecule has 0 aliphatic carbocycles. The summed E-state index contributed by atoms with van der Waals surface area (Å²) in [6.45, 7) is 7.53. The van der Waals surface area contributed by atoms with Crippen molar-refractivity contribution in [3.8, 4) is 0 Å². The maximum atomic E-state index is 12.0. The average molecular weight is 249 g/mol. The number of sulfonamides is 1. The Hall–Kier alpha value is -0.620. The van der Waals surface area contributed by atoms with Gasteiger partial charge in [-0.1, -0.05) is 13.8 Å². The Morgan fingerprint density at radius 2 is 1.81 bits per heavy atom. The van der Waals surface area contributed by atoms with Crippen molar-refractivity contribution in [3.05, 3.63) is 0 Å². The number of nitrogens with one attached hydrogen (secondary N) is 1. The molecule has 0 rings (SSSR count). The van der Waals surface area contributed by atoms with Crippen LogP contribution in [0, 0.1) is 11.3 Å². The second-order valence-corrected chi connectivity index (χ2v) is 6.70. The van der Waals surface area contributed by atoms with Crippen LogP contribution in [0.25, 0.3) is 0 Å². The molecule has 5 nitrogen and oxygen atoms in total. The maximum absolute atomic E-state index is 12.0. The lowest BCUT2D eigenvalue weighted by atomic mass is 10.2. The minimum atomic E-state index is -3.30. The molecule has 0 atom stereocenters. The molecule has 0 fully saturated rings. The molecule has 0 unspecified atom stereocenters. The molecule has 16 heavy (non-hydrogen) atoms. The molecule has 0 aromatic heterocycles. The summed E-state index contributed by atoms with van der Waals surface area (Å²) in [6, 6.07) is -0.166. The highest BCUT2D eigenvalue weighted by Crippen LogP contribution is 2.11. The third-order valence-electron chi connectivity index (χ3n) is 2.21. The van der Waals surface area contributed by atoms with Crippen LogP contribution in [0.2, 0.25) is 0 Å². The van der Waals surface area contributed by atoms with Crippen LogP contribution in [0.1, 0.15) is 34.1 Å². The zero-order valence-electron chi connectivity index (χ0n) is 10.5. The van der Waals surface area contributed by atoms with Gasteiger partial charge in [-0.05, 0) is 26.2 Å². The van der Waals surface area contributed by atoms with E-state index in [0.29, 0.717) is 12.3 Å². The number of nitrogens with two attached hydrogens (primary N) is 1. The Morgan fingerprint density at radius 3 is 2.12 bits per heavy atom. The van der Waals surface area contributed by atoms with Crippen molar-refractivity contribution in [3.63, 3.8) is 0 Å². The van der Waals surface area contributed by atoms with Gasteiger partial charge in [-0.25, -0.2) is 8.42 Å². The van der Waals surface area contributed by atoms with Crippen LogP contribution in [-0.4, -0.2) is 36.9 Å². The predicted octanol–water partition coefficient (Wildman–Crippen LogP) is 1.01. The highest BCUT2D eigenvalue weighted by atomic mass is 32.2. The van der Waals surface area contributed by atoms with Crippen LogP contribution in [0.15, 0.2) is 0 Å². The van der Waals surface area contributed by atoms with Crippen LogP contribution < -0.4 is 5.73 Å². The highest BCUT2D eigenvalue weighted by molar-refractivity contribution is 7.89. The van der Waals surface area contributed by atoms with E-state index in [9.17, 15) is 8.42 Å². The first-order valence-corrected chi connectivity index (χ1v) is 7.10. The Kier molecular flexibility index (Phi) is 5.96. The van der Waals surface area contributed by atoms with Gasteiger partial charge in [0.25, 0.3) is 0 Å². The van der Waals surface area contributed by atoms with E-state index in [1.807, 2.05) is 13.8 Å². The van der Waals surface area contributed by atoms with E-state index in [4.69, 9.17) is 11.1 Å². The molecule has 0 aromatic rings. The fourth-order valence-electron chi connectivity index (χ4n) is 1.27. The van der Waals surface area contributed by atoms with E-state index in [-0.39, 0.29) is 24.2 Å². The van der Waals surface area contributed by atoms with Crippen LogP contribution >= 0.6 is 0 Å². The minimum absolute atomic E-state index is 0.0158. The van der Waals surface area contributed by atoms with Gasteiger partial charge in [-0.3, -0.25) is 5.41 Å². The molecule has 0 amide bonds. The summed E-state index contributed by atoms with van der Waals surface area (Å²) >= 11 is 0. The smallest absolute Gasteiger partial charge is 0.214 e. The molecule has 0 aromatic carbocycles. The maximum Gasteiger partial charge on any atom is 0.214 e. The van der Waals surface area contributed by atoms with Crippen molar-refractivity contribution < 1.29 is 8.42 Å². The van der Waals surface area contributed by atoms with E-state index in [0.717, 1.165) is 0 Å². The zero-order chi connectivity index (χ0) is 12.9. The lowest BCUT2D eigenvalue weighted by Crippen LogP contribution is -2.43. The third-order valence-corrected chi connectivity index (χ3v) is 4.23. The monoisotopic (exact) mass is 249 g/mol. The Bertz CT molecular complexity index is 323. The van der Waals surface area contributed by atoms with E-state index >= 15 is 0 Å². The summed E-state index contributed by atoms with van der Waals surface area (Å²) in [7, 11) is -3.30. The van der Waals surface area contributed by atoms with Crippen LogP contribution in [0.3, 0.4) is 0 Å². The van der Waals surface area contributed by atoms with Gasteiger partial charge in [0.15, 0.2) is 0 Å². The molecule has 0 radical (unpaired) electrons. The Morgan fingerprint density at radius 1 is 1.31 bits per heavy atom. The van der Waals surface area contributed by atoms with Crippen molar-refractivity contribution in [2.75, 3.05) is 12.3 Å². The molecular weight excluding hydrogens is 226 g/mol. The summed E-state index contributed by atoms with van der Waals surface area (Å²) in [6.07, 6.45) is 0.628. The summed E-state index contributed by atoms with van der Waals surface area (Å²) < 4.78 is 25.3. The van der Waals surface area contributed by atoms with Gasteiger partial charge < -0.3 is 5.73 Å². The van der Waals surface area contributed by atoms with Gasteiger partial charge in [0, 0.05) is 6.04 Å². The molecule has 0 bridgehead atoms. The summed E-state index contributed by atoms with van der Waals surface area (Å²) in [5, 5.41) is 7.19. The largest absolute Gasteiger partial charge is 0.387 e. The molecule has 3 N–H and O–H groups in total. The molecule has 0 saturated carbocycles. The van der Waals surface area contributed by atoms with Gasteiger partial charge in [0.05, 0.1) is 12.3 Å². The molecule has 0 saturated heterocycles. The van der Waals surface area contributed by atoms with Crippen molar-refractivity contribution in [1.29, 1.82) is 5.41 Å². The van der Waals surface area contributed by atoms with Gasteiger partial charge in [0.2, 0.25) is 10.0 Å². The highest BCUT2D eigenvalue weighted by Gasteiger charge is 2.25. The first-order chi connectivity index (χ1) is 7.16. The first kappa shape index (κ1) is 15.4. The van der Waals surface area contributed by atoms with E-state index in [1.54, 1.807) is 13.8 Å². The third kappa shape index (κ3) is 5.46. The van der Waals surface area contributed by atoms with Crippen molar-refractivity contribution >= 4 is 15.9 Å². The van der Waals surface area contributed by atoms with Gasteiger partial charge in [0.1, 0.15) is 5.84 Å². The fourth-order valence-corrected chi connectivity index (χ4v) is 3.25. The average Bonchev–Trinajstić information content (AvgIpc) is 2.10. The number of amidine groups is 1. The van der Waals surface area contributed by atoms with Gasteiger partial charge in [-0.2, -0.15) is 4.31 Å². The minimum Gasteiger partial charge on any atom is -0.387 e. The van der Waals surface area contributed by atoms with E-state index in [1.165, 1.54) is 4.31 Å². The normalized spacial score (nSPS) is 12.7. The molecule has 6 heteroatoms. The number of hydrogen-bond acceptors (Lipinski definition) is 3. The second-order valence-electron chi connectivity index (χ2n) is 4.66. The van der Waals surface area contributed by atoms with Gasteiger partial charge in [-0.15, -0.1) is 0 Å². The van der Waals surface area contributed by atoms with Crippen LogP contribution in [0.5, 0.6) is 0 Å². The first-order valence-electron chi connectivity index (χ1n) is 5.49. The van der Waals surface area contributed by atoms with Crippen molar-refractivity contribution in [2.24, 2.45) is 11.7 Å². The van der Waals surface area contributed by atoms with E-state index < -0.39 is 10.0 Å². The second kappa shape index (κ2) is 6.20.